The zero-order valence-electron chi connectivity index (χ0n) is 8.69. The van der Waals surface area contributed by atoms with Crippen LogP contribution in [0.4, 0.5) is 4.39 Å². The van der Waals surface area contributed by atoms with Crippen molar-refractivity contribution in [3.05, 3.63) is 0 Å². The van der Waals surface area contributed by atoms with E-state index in [9.17, 15) is 4.39 Å². The maximum atomic E-state index is 12.7. The molecule has 1 rings (SSSR count). The van der Waals surface area contributed by atoms with Gasteiger partial charge in [-0.3, -0.25) is 4.39 Å². The van der Waals surface area contributed by atoms with Gasteiger partial charge in [0.05, 0.1) is 6.67 Å². The van der Waals surface area contributed by atoms with Crippen LogP contribution in [0.25, 0.3) is 0 Å². The molecule has 0 bridgehead atoms. The zero-order valence-corrected chi connectivity index (χ0v) is 8.69. The van der Waals surface area contributed by atoms with Gasteiger partial charge < -0.3 is 5.73 Å². The second-order valence-electron chi connectivity index (χ2n) is 4.86. The maximum absolute atomic E-state index is 12.7. The Bertz CT molecular complexity index is 137. The molecule has 78 valence electrons. The number of halogens is 1. The van der Waals surface area contributed by atoms with Gasteiger partial charge in [-0.2, -0.15) is 0 Å². The van der Waals surface area contributed by atoms with Gasteiger partial charge in [-0.1, -0.05) is 39.0 Å². The van der Waals surface area contributed by atoms with E-state index < -0.39 is 0 Å². The lowest BCUT2D eigenvalue weighted by Gasteiger charge is -2.31. The first kappa shape index (κ1) is 11.0. The van der Waals surface area contributed by atoms with Crippen LogP contribution in [0.15, 0.2) is 0 Å². The zero-order chi connectivity index (χ0) is 9.73. The van der Waals surface area contributed by atoms with Crippen LogP contribution in [-0.2, 0) is 0 Å². The summed E-state index contributed by atoms with van der Waals surface area (Å²) >= 11 is 0. The Hall–Kier alpha value is -0.110. The molecule has 1 unspecified atom stereocenters. The summed E-state index contributed by atoms with van der Waals surface area (Å²) in [5, 5.41) is 0. The highest BCUT2D eigenvalue weighted by atomic mass is 19.1. The van der Waals surface area contributed by atoms with Crippen LogP contribution < -0.4 is 5.73 Å². The minimum Gasteiger partial charge on any atom is -0.330 e. The Morgan fingerprint density at radius 1 is 1.31 bits per heavy atom. The molecule has 0 aromatic carbocycles. The standard InChI is InChI=1S/C11H22FN/c1-11(8-12,9-13)7-10-5-3-2-4-6-10/h10H,2-9,13H2,1H3. The molecule has 1 saturated carbocycles. The molecular weight excluding hydrogens is 165 g/mol. The van der Waals surface area contributed by atoms with E-state index in [1.807, 2.05) is 6.92 Å². The molecule has 1 aliphatic rings. The summed E-state index contributed by atoms with van der Waals surface area (Å²) < 4.78 is 12.7. The van der Waals surface area contributed by atoms with Gasteiger partial charge in [-0.05, 0) is 12.3 Å². The summed E-state index contributed by atoms with van der Waals surface area (Å²) in [4.78, 5) is 0. The molecule has 0 saturated heterocycles. The molecule has 0 heterocycles. The molecule has 1 nitrogen and oxygen atoms in total. The van der Waals surface area contributed by atoms with Crippen LogP contribution in [0.1, 0.15) is 45.4 Å². The van der Waals surface area contributed by atoms with Crippen molar-refractivity contribution in [1.82, 2.24) is 0 Å². The quantitative estimate of drug-likeness (QED) is 0.719. The number of alkyl halides is 1. The van der Waals surface area contributed by atoms with E-state index >= 15 is 0 Å². The molecule has 0 spiro atoms. The Kier molecular flexibility index (Phi) is 4.17. The SMILES string of the molecule is CC(CN)(CF)CC1CCCCC1. The van der Waals surface area contributed by atoms with Crippen LogP contribution in [0.3, 0.4) is 0 Å². The Labute approximate surface area is 80.9 Å². The van der Waals surface area contributed by atoms with Crippen molar-refractivity contribution in [2.75, 3.05) is 13.2 Å². The van der Waals surface area contributed by atoms with Crippen LogP contribution in [0, 0.1) is 11.3 Å². The first-order valence-electron chi connectivity index (χ1n) is 5.46. The first-order chi connectivity index (χ1) is 6.20. The van der Waals surface area contributed by atoms with Crippen molar-refractivity contribution < 1.29 is 4.39 Å². The van der Waals surface area contributed by atoms with Crippen LogP contribution >= 0.6 is 0 Å². The first-order valence-corrected chi connectivity index (χ1v) is 5.46. The highest BCUT2D eigenvalue weighted by Gasteiger charge is 2.27. The van der Waals surface area contributed by atoms with Gasteiger partial charge in [-0.15, -0.1) is 0 Å². The molecule has 13 heavy (non-hydrogen) atoms. The third kappa shape index (κ3) is 3.26. The molecule has 0 amide bonds. The smallest absolute Gasteiger partial charge is 0.0960 e. The molecular formula is C11H22FN. The van der Waals surface area contributed by atoms with Gasteiger partial charge >= 0.3 is 0 Å². The lowest BCUT2D eigenvalue weighted by Crippen LogP contribution is -2.32. The molecule has 0 radical (unpaired) electrons. The van der Waals surface area contributed by atoms with Crippen LogP contribution in [0.5, 0.6) is 0 Å². The van der Waals surface area contributed by atoms with Crippen molar-refractivity contribution in [1.29, 1.82) is 0 Å². The lowest BCUT2D eigenvalue weighted by atomic mass is 9.76. The van der Waals surface area contributed by atoms with E-state index in [1.54, 1.807) is 0 Å². The van der Waals surface area contributed by atoms with Crippen molar-refractivity contribution >= 4 is 0 Å². The van der Waals surface area contributed by atoms with Gasteiger partial charge in [0.2, 0.25) is 0 Å². The Balaban J connectivity index is 2.35. The van der Waals surface area contributed by atoms with Crippen LogP contribution in [-0.4, -0.2) is 13.2 Å². The fraction of sp³-hybridized carbons (Fsp3) is 1.00. The normalized spacial score (nSPS) is 24.2. The average Bonchev–Trinajstić information content (AvgIpc) is 2.19. The molecule has 1 atom stereocenters. The molecule has 0 aromatic heterocycles. The van der Waals surface area contributed by atoms with E-state index in [0.29, 0.717) is 6.54 Å². The van der Waals surface area contributed by atoms with Gasteiger partial charge in [-0.25, -0.2) is 0 Å². The second-order valence-corrected chi connectivity index (χ2v) is 4.86. The van der Waals surface area contributed by atoms with E-state index in [1.165, 1.54) is 32.1 Å². The number of rotatable bonds is 4. The summed E-state index contributed by atoms with van der Waals surface area (Å²) in [6.07, 6.45) is 7.59. The molecule has 1 aliphatic carbocycles. The van der Waals surface area contributed by atoms with Gasteiger partial charge in [0, 0.05) is 12.0 Å². The predicted molar refractivity (Wildman–Crippen MR) is 54.3 cm³/mol. The van der Waals surface area contributed by atoms with E-state index in [-0.39, 0.29) is 12.1 Å². The van der Waals surface area contributed by atoms with Crippen LogP contribution in [0.2, 0.25) is 0 Å². The van der Waals surface area contributed by atoms with Crippen molar-refractivity contribution in [2.24, 2.45) is 17.1 Å². The van der Waals surface area contributed by atoms with Crippen molar-refractivity contribution in [3.63, 3.8) is 0 Å². The third-order valence-corrected chi connectivity index (χ3v) is 3.32. The van der Waals surface area contributed by atoms with E-state index in [4.69, 9.17) is 5.73 Å². The average molecular weight is 187 g/mol. The summed E-state index contributed by atoms with van der Waals surface area (Å²) in [6, 6.07) is 0. The van der Waals surface area contributed by atoms with E-state index in [0.717, 1.165) is 12.3 Å². The number of nitrogens with two attached hydrogens (primary N) is 1. The van der Waals surface area contributed by atoms with Gasteiger partial charge in [0.15, 0.2) is 0 Å². The number of hydrogen-bond acceptors (Lipinski definition) is 1. The topological polar surface area (TPSA) is 26.0 Å². The van der Waals surface area contributed by atoms with Crippen molar-refractivity contribution in [2.45, 2.75) is 45.4 Å². The minimum absolute atomic E-state index is 0.248. The molecule has 2 N–H and O–H groups in total. The van der Waals surface area contributed by atoms with Crippen molar-refractivity contribution in [3.8, 4) is 0 Å². The van der Waals surface area contributed by atoms with Gasteiger partial charge in [0.25, 0.3) is 0 Å². The molecule has 0 aliphatic heterocycles. The summed E-state index contributed by atoms with van der Waals surface area (Å²) in [5.41, 5.74) is 5.35. The number of hydrogen-bond donors (Lipinski definition) is 1. The predicted octanol–water partition coefficient (Wildman–Crippen LogP) is 2.89. The highest BCUT2D eigenvalue weighted by molar-refractivity contribution is 4.79. The third-order valence-electron chi connectivity index (χ3n) is 3.32. The fourth-order valence-electron chi connectivity index (χ4n) is 2.28. The maximum Gasteiger partial charge on any atom is 0.0960 e. The molecule has 0 aromatic rings. The Morgan fingerprint density at radius 2 is 1.92 bits per heavy atom. The van der Waals surface area contributed by atoms with E-state index in [2.05, 4.69) is 0 Å². The molecule has 1 fully saturated rings. The summed E-state index contributed by atoms with van der Waals surface area (Å²) in [7, 11) is 0. The summed E-state index contributed by atoms with van der Waals surface area (Å²) in [6.45, 7) is 2.20. The minimum atomic E-state index is -0.264. The molecule has 2 heteroatoms. The van der Waals surface area contributed by atoms with Gasteiger partial charge in [0.1, 0.15) is 0 Å². The lowest BCUT2D eigenvalue weighted by molar-refractivity contribution is 0.166. The summed E-state index contributed by atoms with van der Waals surface area (Å²) in [5.74, 6) is 0.734. The second kappa shape index (κ2) is 4.94. The Morgan fingerprint density at radius 3 is 2.38 bits per heavy atom. The fourth-order valence-corrected chi connectivity index (χ4v) is 2.28. The highest BCUT2D eigenvalue weighted by Crippen LogP contribution is 2.34. The largest absolute Gasteiger partial charge is 0.330 e. The monoisotopic (exact) mass is 187 g/mol.